The van der Waals surface area contributed by atoms with Gasteiger partial charge in [-0.15, -0.1) is 0 Å². The first-order valence-electron chi connectivity index (χ1n) is 6.29. The van der Waals surface area contributed by atoms with Gasteiger partial charge < -0.3 is 0 Å². The quantitative estimate of drug-likeness (QED) is 0.759. The molecule has 21 heavy (non-hydrogen) atoms. The van der Waals surface area contributed by atoms with E-state index in [0.29, 0.717) is 9.13 Å². The molecule has 1 amide bonds. The van der Waals surface area contributed by atoms with Crippen molar-refractivity contribution in [2.75, 3.05) is 0 Å². The first-order chi connectivity index (χ1) is 9.81. The summed E-state index contributed by atoms with van der Waals surface area (Å²) >= 11 is -3.01. The van der Waals surface area contributed by atoms with Gasteiger partial charge in [0.1, 0.15) is 0 Å². The Morgan fingerprint density at radius 2 is 1.57 bits per heavy atom. The van der Waals surface area contributed by atoms with E-state index >= 15 is 0 Å². The van der Waals surface area contributed by atoms with E-state index in [4.69, 9.17) is 6.13 Å². The monoisotopic (exact) mass is 407 g/mol. The average Bonchev–Trinajstić information content (AvgIpc) is 2.36. The van der Waals surface area contributed by atoms with Crippen molar-refractivity contribution < 1.29 is 20.5 Å². The van der Waals surface area contributed by atoms with Crippen molar-refractivity contribution in [1.29, 1.82) is 0 Å². The van der Waals surface area contributed by atoms with E-state index in [1.807, 2.05) is 13.8 Å². The fourth-order valence-electron chi connectivity index (χ4n) is 1.42. The molecule has 0 spiro atoms. The van der Waals surface area contributed by atoms with Crippen LogP contribution in [0.2, 0.25) is 0 Å². The Labute approximate surface area is 131 Å². The summed E-state index contributed by atoms with van der Waals surface area (Å²) in [6.07, 6.45) is 0. The Bertz CT molecular complexity index is 528. The van der Waals surface area contributed by atoms with Crippen LogP contribution in [0.1, 0.15) is 38.1 Å². The van der Waals surface area contributed by atoms with E-state index in [-0.39, 0.29) is 11.9 Å². The minimum atomic E-state index is -3.01. The number of halogens is 1. The number of carbonyl (C=O) groups excluding carboxylic acids is 3. The van der Waals surface area contributed by atoms with Gasteiger partial charge in [-0.2, -0.15) is 0 Å². The molecule has 116 valence electrons. The molecule has 0 saturated heterocycles. The zero-order valence-electron chi connectivity index (χ0n) is 12.3. The second-order valence-corrected chi connectivity index (χ2v) is 7.75. The van der Waals surface area contributed by atoms with Crippen LogP contribution in [0.25, 0.3) is 0 Å². The van der Waals surface area contributed by atoms with Crippen molar-refractivity contribution in [1.82, 2.24) is 5.32 Å². The van der Waals surface area contributed by atoms with Gasteiger partial charge >= 0.3 is 131 Å². The van der Waals surface area contributed by atoms with Gasteiger partial charge in [-0.05, 0) is 0 Å². The standard InChI is InChI=1S/C14H18INO5/c1-9(2)16-14(19)12-7-5-6-8-13(12)15(20-10(3)17)21-11(4)18/h5-9H,1-4H3,(H,16,19). The molecule has 6 nitrogen and oxygen atoms in total. The summed E-state index contributed by atoms with van der Waals surface area (Å²) in [4.78, 5) is 34.6. The topological polar surface area (TPSA) is 81.7 Å². The SMILES string of the molecule is CC(=O)OI(OC(C)=O)c1ccccc1C(=O)NC(C)C. The summed E-state index contributed by atoms with van der Waals surface area (Å²) in [6.45, 7) is 6.17. The maximum atomic E-state index is 12.2. The first-order valence-corrected chi connectivity index (χ1v) is 9.13. The molecule has 0 aliphatic rings. The van der Waals surface area contributed by atoms with Crippen molar-refractivity contribution in [3.8, 4) is 0 Å². The van der Waals surface area contributed by atoms with Crippen molar-refractivity contribution in [2.45, 2.75) is 33.7 Å². The summed E-state index contributed by atoms with van der Waals surface area (Å²) in [5.41, 5.74) is 0.360. The van der Waals surface area contributed by atoms with Crippen LogP contribution in [0.15, 0.2) is 24.3 Å². The molecule has 1 rings (SSSR count). The molecule has 1 aromatic carbocycles. The first kappa shape index (κ1) is 17.4. The van der Waals surface area contributed by atoms with Crippen LogP contribution in [0.3, 0.4) is 0 Å². The van der Waals surface area contributed by atoms with Crippen LogP contribution >= 0.6 is 20.6 Å². The van der Waals surface area contributed by atoms with E-state index in [2.05, 4.69) is 5.32 Å². The van der Waals surface area contributed by atoms with Gasteiger partial charge in [0.05, 0.1) is 0 Å². The van der Waals surface area contributed by atoms with Gasteiger partial charge in [-0.3, -0.25) is 0 Å². The van der Waals surface area contributed by atoms with Crippen molar-refractivity contribution in [2.24, 2.45) is 0 Å². The Morgan fingerprint density at radius 1 is 1.05 bits per heavy atom. The zero-order valence-corrected chi connectivity index (χ0v) is 14.5. The van der Waals surface area contributed by atoms with E-state index in [1.165, 1.54) is 13.8 Å². The predicted octanol–water partition coefficient (Wildman–Crippen LogP) is 2.46. The average molecular weight is 407 g/mol. The predicted molar refractivity (Wildman–Crippen MR) is 85.3 cm³/mol. The Balaban J connectivity index is 3.15. The van der Waals surface area contributed by atoms with Gasteiger partial charge in [0, 0.05) is 0 Å². The zero-order chi connectivity index (χ0) is 16.0. The fourth-order valence-corrected chi connectivity index (χ4v) is 4.51. The molecule has 0 fully saturated rings. The third kappa shape index (κ3) is 5.70. The second-order valence-electron chi connectivity index (χ2n) is 4.46. The van der Waals surface area contributed by atoms with Gasteiger partial charge in [-0.25, -0.2) is 0 Å². The molecule has 0 heterocycles. The molecule has 1 aromatic rings. The summed E-state index contributed by atoms with van der Waals surface area (Å²) in [7, 11) is 0. The van der Waals surface area contributed by atoms with Crippen LogP contribution in [-0.4, -0.2) is 23.9 Å². The van der Waals surface area contributed by atoms with Gasteiger partial charge in [0.25, 0.3) is 0 Å². The third-order valence-corrected chi connectivity index (χ3v) is 5.99. The van der Waals surface area contributed by atoms with Crippen molar-refractivity contribution >= 4 is 38.5 Å². The van der Waals surface area contributed by atoms with Crippen molar-refractivity contribution in [3.63, 3.8) is 0 Å². The van der Waals surface area contributed by atoms with Crippen molar-refractivity contribution in [3.05, 3.63) is 33.4 Å². The van der Waals surface area contributed by atoms with Crippen LogP contribution in [-0.2, 0) is 15.7 Å². The Kier molecular flexibility index (Phi) is 6.60. The summed E-state index contributed by atoms with van der Waals surface area (Å²) in [5.74, 6) is -1.37. The van der Waals surface area contributed by atoms with Gasteiger partial charge in [-0.1, -0.05) is 0 Å². The van der Waals surface area contributed by atoms with E-state index in [1.54, 1.807) is 24.3 Å². The van der Waals surface area contributed by atoms with Crippen LogP contribution < -0.4 is 5.32 Å². The van der Waals surface area contributed by atoms with E-state index in [9.17, 15) is 14.4 Å². The molecule has 0 aliphatic carbocycles. The number of hydrogen-bond donors (Lipinski definition) is 1. The molecule has 0 bridgehead atoms. The normalized spacial score (nSPS) is 10.8. The molecule has 1 N–H and O–H groups in total. The molecule has 0 saturated carbocycles. The molecular formula is C14H18INO5. The van der Waals surface area contributed by atoms with E-state index in [0.717, 1.165) is 0 Å². The molecule has 0 atom stereocenters. The summed E-state index contributed by atoms with van der Waals surface area (Å²) in [6, 6.07) is 6.64. The second kappa shape index (κ2) is 7.96. The Morgan fingerprint density at radius 3 is 2.05 bits per heavy atom. The molecule has 0 aromatic heterocycles. The van der Waals surface area contributed by atoms with E-state index < -0.39 is 32.6 Å². The molecule has 7 heteroatoms. The molecule has 0 radical (unpaired) electrons. The summed E-state index contributed by atoms with van der Waals surface area (Å²) in [5, 5.41) is 2.77. The number of rotatable bonds is 5. The number of carbonyl (C=O) groups is 3. The molecule has 0 unspecified atom stereocenters. The molecule has 0 aliphatic heterocycles. The van der Waals surface area contributed by atoms with Gasteiger partial charge in [0.15, 0.2) is 0 Å². The van der Waals surface area contributed by atoms with Crippen LogP contribution in [0, 0.1) is 3.57 Å². The third-order valence-electron chi connectivity index (χ3n) is 2.06. The van der Waals surface area contributed by atoms with Crippen LogP contribution in [0.5, 0.6) is 0 Å². The fraction of sp³-hybridized carbons (Fsp3) is 0.357. The minimum absolute atomic E-state index is 0.0322. The molecular weight excluding hydrogens is 389 g/mol. The summed E-state index contributed by atoms with van der Waals surface area (Å²) < 4.78 is 10.8. The van der Waals surface area contributed by atoms with Crippen LogP contribution in [0.4, 0.5) is 0 Å². The number of nitrogens with one attached hydrogen (secondary N) is 1. The number of amides is 1. The van der Waals surface area contributed by atoms with Gasteiger partial charge in [0.2, 0.25) is 0 Å². The maximum absolute atomic E-state index is 12.2. The number of benzene rings is 1. The Hall–Kier alpha value is -1.64. The number of hydrogen-bond acceptors (Lipinski definition) is 5.